The monoisotopic (exact) mass is 264 g/mol. The zero-order valence-corrected chi connectivity index (χ0v) is 11.7. The largest absolute Gasteiger partial charge is 0.275 e. The lowest BCUT2D eigenvalue weighted by atomic mass is 10.2. The van der Waals surface area contributed by atoms with Crippen LogP contribution in [0.3, 0.4) is 0 Å². The molecule has 0 aliphatic carbocycles. The van der Waals surface area contributed by atoms with Crippen molar-refractivity contribution in [3.63, 3.8) is 0 Å². The van der Waals surface area contributed by atoms with Gasteiger partial charge in [-0.15, -0.1) is 0 Å². The number of halogens is 1. The molecular formula is C13H17ClN4. The molecule has 18 heavy (non-hydrogen) atoms. The summed E-state index contributed by atoms with van der Waals surface area (Å²) in [5.74, 6) is 0.677. The van der Waals surface area contributed by atoms with Crippen molar-refractivity contribution in [2.24, 2.45) is 7.05 Å². The van der Waals surface area contributed by atoms with Gasteiger partial charge in [-0.05, 0) is 18.9 Å². The summed E-state index contributed by atoms with van der Waals surface area (Å²) in [5.41, 5.74) is 2.96. The molecule has 0 saturated heterocycles. The third-order valence-corrected chi connectivity index (χ3v) is 2.93. The molecule has 2 aromatic rings. The van der Waals surface area contributed by atoms with Crippen LogP contribution in [0.5, 0.6) is 0 Å². The summed E-state index contributed by atoms with van der Waals surface area (Å²) in [6.45, 7) is 4.20. The fraction of sp³-hybridized carbons (Fsp3) is 0.462. The van der Waals surface area contributed by atoms with Crippen LogP contribution in [-0.2, 0) is 19.9 Å². The number of hydrogen-bond donors (Lipinski definition) is 0. The molecule has 2 aromatic heterocycles. The number of rotatable bonds is 4. The van der Waals surface area contributed by atoms with Crippen LogP contribution in [0.25, 0.3) is 11.4 Å². The minimum absolute atomic E-state index is 0.495. The van der Waals surface area contributed by atoms with E-state index in [1.807, 2.05) is 19.3 Å². The van der Waals surface area contributed by atoms with E-state index in [1.165, 1.54) is 0 Å². The van der Waals surface area contributed by atoms with E-state index < -0.39 is 0 Å². The highest BCUT2D eigenvalue weighted by atomic mass is 35.5. The van der Waals surface area contributed by atoms with E-state index in [2.05, 4.69) is 28.9 Å². The molecule has 0 aromatic carbocycles. The van der Waals surface area contributed by atoms with Gasteiger partial charge in [-0.2, -0.15) is 5.10 Å². The Morgan fingerprint density at radius 3 is 2.72 bits per heavy atom. The lowest BCUT2D eigenvalue weighted by molar-refractivity contribution is 0.746. The molecule has 96 valence electrons. The maximum atomic E-state index is 6.06. The van der Waals surface area contributed by atoms with Crippen LogP contribution in [-0.4, -0.2) is 19.7 Å². The smallest absolute Gasteiger partial charge is 0.164 e. The summed E-state index contributed by atoms with van der Waals surface area (Å²) in [5, 5.41) is 4.90. The first-order chi connectivity index (χ1) is 8.63. The van der Waals surface area contributed by atoms with Gasteiger partial charge in [0.15, 0.2) is 5.82 Å². The summed E-state index contributed by atoms with van der Waals surface area (Å²) in [7, 11) is 1.90. The van der Waals surface area contributed by atoms with Crippen molar-refractivity contribution in [2.75, 3.05) is 0 Å². The molecule has 0 bridgehead atoms. The van der Waals surface area contributed by atoms with E-state index in [4.69, 9.17) is 11.6 Å². The predicted molar refractivity (Wildman–Crippen MR) is 72.6 cm³/mol. The molecule has 0 fully saturated rings. The fourth-order valence-electron chi connectivity index (χ4n) is 1.95. The molecule has 0 aliphatic rings. The van der Waals surface area contributed by atoms with E-state index in [1.54, 1.807) is 4.68 Å². The van der Waals surface area contributed by atoms with Crippen molar-refractivity contribution in [3.05, 3.63) is 28.8 Å². The Morgan fingerprint density at radius 2 is 2.06 bits per heavy atom. The van der Waals surface area contributed by atoms with Gasteiger partial charge in [-0.25, -0.2) is 9.97 Å². The van der Waals surface area contributed by atoms with E-state index in [0.29, 0.717) is 11.0 Å². The van der Waals surface area contributed by atoms with Crippen molar-refractivity contribution in [2.45, 2.75) is 33.1 Å². The second-order valence-electron chi connectivity index (χ2n) is 4.27. The molecular weight excluding hydrogens is 248 g/mol. The Bertz CT molecular complexity index is 548. The standard InChI is InChI=1S/C13H17ClN4/c1-4-6-9-7-12(14)16-13(15-9)10-8-18(3)17-11(10)5-2/h7-8H,4-6H2,1-3H3. The van der Waals surface area contributed by atoms with E-state index in [-0.39, 0.29) is 0 Å². The first kappa shape index (κ1) is 13.0. The average molecular weight is 265 g/mol. The summed E-state index contributed by atoms with van der Waals surface area (Å²) >= 11 is 6.06. The first-order valence-electron chi connectivity index (χ1n) is 6.20. The fourth-order valence-corrected chi connectivity index (χ4v) is 2.16. The van der Waals surface area contributed by atoms with Crippen LogP contribution < -0.4 is 0 Å². The molecule has 0 spiro atoms. The van der Waals surface area contributed by atoms with Gasteiger partial charge in [0, 0.05) is 18.9 Å². The third-order valence-electron chi connectivity index (χ3n) is 2.74. The van der Waals surface area contributed by atoms with Crippen molar-refractivity contribution in [1.29, 1.82) is 0 Å². The van der Waals surface area contributed by atoms with Gasteiger partial charge in [-0.1, -0.05) is 31.9 Å². The van der Waals surface area contributed by atoms with Gasteiger partial charge in [0.05, 0.1) is 11.3 Å². The molecule has 2 rings (SSSR count). The van der Waals surface area contributed by atoms with Gasteiger partial charge >= 0.3 is 0 Å². The molecule has 0 amide bonds. The normalized spacial score (nSPS) is 10.9. The first-order valence-corrected chi connectivity index (χ1v) is 6.58. The minimum atomic E-state index is 0.495. The maximum absolute atomic E-state index is 6.06. The zero-order valence-electron chi connectivity index (χ0n) is 10.9. The third kappa shape index (κ3) is 2.70. The quantitative estimate of drug-likeness (QED) is 0.797. The molecule has 4 nitrogen and oxygen atoms in total. The van der Waals surface area contributed by atoms with Gasteiger partial charge in [0.1, 0.15) is 5.15 Å². The molecule has 0 unspecified atom stereocenters. The SMILES string of the molecule is CCCc1cc(Cl)nc(-c2cn(C)nc2CC)n1. The molecule has 2 heterocycles. The minimum Gasteiger partial charge on any atom is -0.275 e. The highest BCUT2D eigenvalue weighted by Gasteiger charge is 2.12. The summed E-state index contributed by atoms with van der Waals surface area (Å²) in [6, 6.07) is 1.83. The molecule has 5 heteroatoms. The molecule has 0 atom stereocenters. The van der Waals surface area contributed by atoms with Crippen LogP contribution in [0.4, 0.5) is 0 Å². The number of aromatic nitrogens is 4. The topological polar surface area (TPSA) is 43.6 Å². The molecule has 0 radical (unpaired) electrons. The lowest BCUT2D eigenvalue weighted by Gasteiger charge is -2.03. The summed E-state index contributed by atoms with van der Waals surface area (Å²) < 4.78 is 1.79. The van der Waals surface area contributed by atoms with E-state index in [9.17, 15) is 0 Å². The maximum Gasteiger partial charge on any atom is 0.164 e. The summed E-state index contributed by atoms with van der Waals surface area (Å²) in [6.07, 6.45) is 4.76. The molecule has 0 N–H and O–H groups in total. The molecule has 0 aliphatic heterocycles. The second kappa shape index (κ2) is 5.48. The Balaban J connectivity index is 2.48. The Kier molecular flexibility index (Phi) is 3.97. The van der Waals surface area contributed by atoms with Crippen LogP contribution >= 0.6 is 11.6 Å². The van der Waals surface area contributed by atoms with E-state index >= 15 is 0 Å². The van der Waals surface area contributed by atoms with Gasteiger partial charge in [0.2, 0.25) is 0 Å². The summed E-state index contributed by atoms with van der Waals surface area (Å²) in [4.78, 5) is 8.88. The van der Waals surface area contributed by atoms with Crippen LogP contribution in [0, 0.1) is 0 Å². The van der Waals surface area contributed by atoms with Crippen molar-refractivity contribution >= 4 is 11.6 Å². The number of hydrogen-bond acceptors (Lipinski definition) is 3. The van der Waals surface area contributed by atoms with Crippen LogP contribution in [0.1, 0.15) is 31.7 Å². The number of aryl methyl sites for hydroxylation is 3. The van der Waals surface area contributed by atoms with Crippen LogP contribution in [0.15, 0.2) is 12.3 Å². The van der Waals surface area contributed by atoms with Crippen molar-refractivity contribution in [1.82, 2.24) is 19.7 Å². The number of nitrogens with zero attached hydrogens (tertiary/aromatic N) is 4. The van der Waals surface area contributed by atoms with Gasteiger partial charge in [-0.3, -0.25) is 4.68 Å². The average Bonchev–Trinajstić information content (AvgIpc) is 2.70. The highest BCUT2D eigenvalue weighted by Crippen LogP contribution is 2.22. The van der Waals surface area contributed by atoms with Gasteiger partial charge < -0.3 is 0 Å². The Hall–Kier alpha value is -1.42. The van der Waals surface area contributed by atoms with E-state index in [0.717, 1.165) is 36.2 Å². The van der Waals surface area contributed by atoms with Crippen molar-refractivity contribution in [3.8, 4) is 11.4 Å². The zero-order chi connectivity index (χ0) is 13.1. The highest BCUT2D eigenvalue weighted by molar-refractivity contribution is 6.29. The Morgan fingerprint density at radius 1 is 1.28 bits per heavy atom. The second-order valence-corrected chi connectivity index (χ2v) is 4.66. The lowest BCUT2D eigenvalue weighted by Crippen LogP contribution is -1.97. The van der Waals surface area contributed by atoms with Gasteiger partial charge in [0.25, 0.3) is 0 Å². The molecule has 0 saturated carbocycles. The predicted octanol–water partition coefficient (Wildman–Crippen LogP) is 3.05. The Labute approximate surface area is 112 Å². The van der Waals surface area contributed by atoms with Crippen LogP contribution in [0.2, 0.25) is 5.15 Å². The van der Waals surface area contributed by atoms with Crippen molar-refractivity contribution < 1.29 is 0 Å².